The zero-order chi connectivity index (χ0) is 28.2. The minimum Gasteiger partial charge on any atom is -0.491 e. The fourth-order valence-electron chi connectivity index (χ4n) is 5.66. The second-order valence-corrected chi connectivity index (χ2v) is 11.1. The van der Waals surface area contributed by atoms with E-state index in [9.17, 15) is 9.59 Å². The molecule has 2 unspecified atom stereocenters. The maximum absolute atomic E-state index is 13.9. The Kier molecular flexibility index (Phi) is 8.41. The number of halogens is 1. The number of esters is 1. The van der Waals surface area contributed by atoms with Crippen molar-refractivity contribution in [2.24, 2.45) is 0 Å². The number of para-hydroxylation sites is 1. The first-order valence-corrected chi connectivity index (χ1v) is 14.2. The van der Waals surface area contributed by atoms with Gasteiger partial charge in [0.1, 0.15) is 5.75 Å². The molecule has 0 fully saturated rings. The van der Waals surface area contributed by atoms with E-state index in [0.717, 1.165) is 22.4 Å². The SMILES string of the molecule is CC1=C(C(=O)OCCc2ccccc2)C(c2ccccc2OC(C)C)C2=C(CC(c3ccc(Cl)cc3)CC2=O)N1. The minimum atomic E-state index is -0.589. The van der Waals surface area contributed by atoms with Gasteiger partial charge in [-0.05, 0) is 62.4 Å². The first kappa shape index (κ1) is 27.7. The van der Waals surface area contributed by atoms with E-state index in [2.05, 4.69) is 5.32 Å². The lowest BCUT2D eigenvalue weighted by Gasteiger charge is -2.37. The van der Waals surface area contributed by atoms with Crippen LogP contribution in [0.25, 0.3) is 0 Å². The monoisotopic (exact) mass is 555 g/mol. The number of ether oxygens (including phenoxy) is 2. The summed E-state index contributed by atoms with van der Waals surface area (Å²) in [4.78, 5) is 27.6. The molecule has 0 amide bonds. The summed E-state index contributed by atoms with van der Waals surface area (Å²) in [6.45, 7) is 6.06. The van der Waals surface area contributed by atoms with Crippen LogP contribution in [0.4, 0.5) is 0 Å². The molecule has 1 N–H and O–H groups in total. The van der Waals surface area contributed by atoms with Crippen molar-refractivity contribution in [2.75, 3.05) is 6.61 Å². The molecule has 206 valence electrons. The molecule has 1 aliphatic heterocycles. The summed E-state index contributed by atoms with van der Waals surface area (Å²) in [5.41, 5.74) is 5.55. The van der Waals surface area contributed by atoms with E-state index in [1.54, 1.807) is 0 Å². The summed E-state index contributed by atoms with van der Waals surface area (Å²) in [6, 6.07) is 25.3. The van der Waals surface area contributed by atoms with Gasteiger partial charge in [-0.3, -0.25) is 4.79 Å². The van der Waals surface area contributed by atoms with Crippen molar-refractivity contribution in [3.8, 4) is 5.75 Å². The van der Waals surface area contributed by atoms with Crippen molar-refractivity contribution in [3.63, 3.8) is 0 Å². The molecule has 0 bridgehead atoms. The summed E-state index contributed by atoms with van der Waals surface area (Å²) in [5.74, 6) is -0.323. The molecule has 5 rings (SSSR count). The lowest BCUT2D eigenvalue weighted by molar-refractivity contribution is -0.139. The Balaban J connectivity index is 1.51. The van der Waals surface area contributed by atoms with Gasteiger partial charge >= 0.3 is 5.97 Å². The molecule has 5 nitrogen and oxygen atoms in total. The number of allylic oxidation sites excluding steroid dienone is 3. The molecule has 0 aromatic heterocycles. The molecule has 3 aromatic rings. The Morgan fingerprint density at radius 3 is 2.40 bits per heavy atom. The van der Waals surface area contributed by atoms with Crippen LogP contribution < -0.4 is 10.1 Å². The van der Waals surface area contributed by atoms with Crippen molar-refractivity contribution < 1.29 is 19.1 Å². The standard InChI is InChI=1S/C34H34ClNO4/c1-21(2)40-30-12-8-7-11-27(30)32-31(34(38)39-18-17-23-9-5-4-6-10-23)22(3)36-28-19-25(20-29(37)33(28)32)24-13-15-26(35)16-14-24/h4-16,21,25,32,36H,17-20H2,1-3H3. The van der Waals surface area contributed by atoms with Crippen LogP contribution in [0.2, 0.25) is 5.02 Å². The van der Waals surface area contributed by atoms with Crippen LogP contribution >= 0.6 is 11.6 Å². The summed E-state index contributed by atoms with van der Waals surface area (Å²) < 4.78 is 12.0. The topological polar surface area (TPSA) is 64.6 Å². The highest BCUT2D eigenvalue weighted by Crippen LogP contribution is 2.47. The first-order valence-electron chi connectivity index (χ1n) is 13.8. The number of rotatable bonds is 8. The smallest absolute Gasteiger partial charge is 0.336 e. The third-order valence-electron chi connectivity index (χ3n) is 7.45. The molecule has 1 aliphatic carbocycles. The Morgan fingerprint density at radius 1 is 0.975 bits per heavy atom. The number of nitrogens with one attached hydrogen (secondary N) is 1. The Labute approximate surface area is 240 Å². The number of benzene rings is 3. The van der Waals surface area contributed by atoms with Gasteiger partial charge in [0, 0.05) is 40.4 Å². The molecule has 0 spiro atoms. The third-order valence-corrected chi connectivity index (χ3v) is 7.70. The molecule has 0 saturated carbocycles. The number of hydrogen-bond acceptors (Lipinski definition) is 5. The van der Waals surface area contributed by atoms with Gasteiger partial charge in [-0.2, -0.15) is 0 Å². The molecule has 2 aliphatic rings. The average molecular weight is 556 g/mol. The molecule has 0 saturated heterocycles. The number of carbonyl (C=O) groups excluding carboxylic acids is 2. The lowest BCUT2D eigenvalue weighted by Crippen LogP contribution is -2.36. The molecule has 0 radical (unpaired) electrons. The number of ketones is 1. The molecule has 3 aromatic carbocycles. The van der Waals surface area contributed by atoms with Gasteiger partial charge in [0.2, 0.25) is 0 Å². The van der Waals surface area contributed by atoms with E-state index >= 15 is 0 Å². The van der Waals surface area contributed by atoms with Gasteiger partial charge in [0.15, 0.2) is 5.78 Å². The highest BCUT2D eigenvalue weighted by atomic mass is 35.5. The fraction of sp³-hybridized carbons (Fsp3) is 0.294. The summed E-state index contributed by atoms with van der Waals surface area (Å²) in [6.07, 6.45) is 1.54. The van der Waals surface area contributed by atoms with Crippen LogP contribution in [0.15, 0.2) is 101 Å². The highest BCUT2D eigenvalue weighted by Gasteiger charge is 2.42. The van der Waals surface area contributed by atoms with Crippen LogP contribution in [-0.2, 0) is 20.7 Å². The van der Waals surface area contributed by atoms with E-state index < -0.39 is 11.9 Å². The third kappa shape index (κ3) is 6.00. The maximum atomic E-state index is 13.9. The lowest BCUT2D eigenvalue weighted by atomic mass is 9.71. The molecule has 40 heavy (non-hydrogen) atoms. The number of dihydropyridines is 1. The first-order chi connectivity index (χ1) is 19.3. The second kappa shape index (κ2) is 12.1. The van der Waals surface area contributed by atoms with Crippen molar-refractivity contribution >= 4 is 23.4 Å². The zero-order valence-electron chi connectivity index (χ0n) is 23.1. The Hall–Kier alpha value is -3.83. The molecular weight excluding hydrogens is 522 g/mol. The Morgan fingerprint density at radius 2 is 1.68 bits per heavy atom. The Bertz CT molecular complexity index is 1460. The van der Waals surface area contributed by atoms with Gasteiger partial charge in [-0.1, -0.05) is 72.3 Å². The maximum Gasteiger partial charge on any atom is 0.336 e. The van der Waals surface area contributed by atoms with Crippen molar-refractivity contribution in [3.05, 3.63) is 123 Å². The quantitative estimate of drug-likeness (QED) is 0.296. The predicted molar refractivity (Wildman–Crippen MR) is 157 cm³/mol. The van der Waals surface area contributed by atoms with Crippen LogP contribution in [0, 0.1) is 0 Å². The normalized spacial score (nSPS) is 18.9. The van der Waals surface area contributed by atoms with E-state index in [1.165, 1.54) is 0 Å². The van der Waals surface area contributed by atoms with Crippen LogP contribution in [-0.4, -0.2) is 24.5 Å². The average Bonchev–Trinajstić information content (AvgIpc) is 2.93. The van der Waals surface area contributed by atoms with Crippen LogP contribution in [0.3, 0.4) is 0 Å². The molecule has 2 atom stereocenters. The highest BCUT2D eigenvalue weighted by molar-refractivity contribution is 6.30. The van der Waals surface area contributed by atoms with Gasteiger partial charge in [-0.15, -0.1) is 0 Å². The largest absolute Gasteiger partial charge is 0.491 e. The van der Waals surface area contributed by atoms with Gasteiger partial charge in [-0.25, -0.2) is 4.79 Å². The molecular formula is C34H34ClNO4. The number of hydrogen-bond donors (Lipinski definition) is 1. The minimum absolute atomic E-state index is 0.0140. The fourth-order valence-corrected chi connectivity index (χ4v) is 5.78. The second-order valence-electron chi connectivity index (χ2n) is 10.6. The van der Waals surface area contributed by atoms with Crippen LogP contribution in [0.1, 0.15) is 62.1 Å². The molecule has 6 heteroatoms. The number of carbonyl (C=O) groups is 2. The summed E-state index contributed by atoms with van der Waals surface area (Å²) in [7, 11) is 0. The van der Waals surface area contributed by atoms with Crippen molar-refractivity contribution in [1.29, 1.82) is 0 Å². The molecule has 1 heterocycles. The van der Waals surface area contributed by atoms with E-state index in [0.29, 0.717) is 46.9 Å². The summed E-state index contributed by atoms with van der Waals surface area (Å²) in [5, 5.41) is 4.09. The van der Waals surface area contributed by atoms with Crippen molar-refractivity contribution in [2.45, 2.75) is 58.0 Å². The summed E-state index contributed by atoms with van der Waals surface area (Å²) >= 11 is 6.11. The van der Waals surface area contributed by atoms with Gasteiger partial charge < -0.3 is 14.8 Å². The van der Waals surface area contributed by atoms with E-state index in [4.69, 9.17) is 21.1 Å². The van der Waals surface area contributed by atoms with E-state index in [-0.39, 0.29) is 24.4 Å². The zero-order valence-corrected chi connectivity index (χ0v) is 23.8. The van der Waals surface area contributed by atoms with Crippen molar-refractivity contribution in [1.82, 2.24) is 5.32 Å². The van der Waals surface area contributed by atoms with Gasteiger partial charge in [0.05, 0.1) is 24.2 Å². The van der Waals surface area contributed by atoms with Gasteiger partial charge in [0.25, 0.3) is 0 Å². The number of Topliss-reactive ketones (excluding diaryl/α,β-unsaturated/α-hetero) is 1. The predicted octanol–water partition coefficient (Wildman–Crippen LogP) is 7.27. The van der Waals surface area contributed by atoms with E-state index in [1.807, 2.05) is 99.6 Å². The van der Waals surface area contributed by atoms with Crippen LogP contribution in [0.5, 0.6) is 5.75 Å².